The van der Waals surface area contributed by atoms with Crippen molar-refractivity contribution >= 4 is 11.8 Å². The third-order valence-corrected chi connectivity index (χ3v) is 5.28. The van der Waals surface area contributed by atoms with Crippen LogP contribution in [-0.4, -0.2) is 50.3 Å². The lowest BCUT2D eigenvalue weighted by atomic mass is 10.0. The molecule has 0 amide bonds. The summed E-state index contributed by atoms with van der Waals surface area (Å²) in [5.41, 5.74) is 3.74. The van der Waals surface area contributed by atoms with Gasteiger partial charge in [-0.1, -0.05) is 42.8 Å². The first kappa shape index (κ1) is 21.1. The van der Waals surface area contributed by atoms with Crippen LogP contribution in [0.5, 0.6) is 0 Å². The van der Waals surface area contributed by atoms with Gasteiger partial charge in [-0.15, -0.1) is 0 Å². The van der Waals surface area contributed by atoms with Gasteiger partial charge in [-0.2, -0.15) is 0 Å². The maximum absolute atomic E-state index is 5.60. The van der Waals surface area contributed by atoms with Gasteiger partial charge >= 0.3 is 0 Å². The number of anilines is 1. The van der Waals surface area contributed by atoms with Crippen molar-refractivity contribution in [2.24, 2.45) is 4.99 Å². The highest BCUT2D eigenvalue weighted by atomic mass is 16.5. The van der Waals surface area contributed by atoms with Gasteiger partial charge in [0.15, 0.2) is 5.96 Å². The molecule has 2 N–H and O–H groups in total. The fourth-order valence-corrected chi connectivity index (χ4v) is 3.40. The van der Waals surface area contributed by atoms with Gasteiger partial charge in [0, 0.05) is 39.4 Å². The van der Waals surface area contributed by atoms with Crippen molar-refractivity contribution in [1.29, 1.82) is 0 Å². The predicted molar refractivity (Wildman–Crippen MR) is 120 cm³/mol. The highest BCUT2D eigenvalue weighted by Crippen LogP contribution is 2.16. The Morgan fingerprint density at radius 3 is 2.69 bits per heavy atom. The molecule has 0 aliphatic carbocycles. The van der Waals surface area contributed by atoms with E-state index in [4.69, 9.17) is 4.74 Å². The zero-order valence-corrected chi connectivity index (χ0v) is 18.0. The van der Waals surface area contributed by atoms with Crippen molar-refractivity contribution in [2.45, 2.75) is 39.3 Å². The molecular formula is C23H33N5O. The summed E-state index contributed by atoms with van der Waals surface area (Å²) in [4.78, 5) is 11.2. The topological polar surface area (TPSA) is 61.8 Å². The van der Waals surface area contributed by atoms with Crippen LogP contribution in [0.15, 0.2) is 47.6 Å². The number of guanidine groups is 1. The van der Waals surface area contributed by atoms with Crippen molar-refractivity contribution in [2.75, 3.05) is 38.2 Å². The van der Waals surface area contributed by atoms with Crippen LogP contribution in [-0.2, 0) is 11.3 Å². The summed E-state index contributed by atoms with van der Waals surface area (Å²) in [6.45, 7) is 10.5. The Kier molecular flexibility index (Phi) is 7.47. The van der Waals surface area contributed by atoms with E-state index in [9.17, 15) is 0 Å². The molecule has 29 heavy (non-hydrogen) atoms. The zero-order valence-electron chi connectivity index (χ0n) is 18.0. The molecule has 2 atom stereocenters. The van der Waals surface area contributed by atoms with Crippen molar-refractivity contribution in [3.63, 3.8) is 0 Å². The molecule has 156 valence electrons. The van der Waals surface area contributed by atoms with Gasteiger partial charge in [0.2, 0.25) is 0 Å². The van der Waals surface area contributed by atoms with Crippen molar-refractivity contribution in [3.8, 4) is 0 Å². The number of rotatable bonds is 6. The Morgan fingerprint density at radius 1 is 1.24 bits per heavy atom. The summed E-state index contributed by atoms with van der Waals surface area (Å²) in [7, 11) is 1.80. The Balaban J connectivity index is 1.47. The maximum Gasteiger partial charge on any atom is 0.191 e. The normalized spacial score (nSPS) is 18.4. The van der Waals surface area contributed by atoms with E-state index in [-0.39, 0.29) is 6.10 Å². The van der Waals surface area contributed by atoms with E-state index in [2.05, 4.69) is 82.7 Å². The van der Waals surface area contributed by atoms with E-state index in [1.807, 2.05) is 6.20 Å². The molecule has 1 aromatic carbocycles. The number of nitrogens with one attached hydrogen (secondary N) is 2. The smallest absolute Gasteiger partial charge is 0.191 e. The minimum atomic E-state index is 0.253. The Hall–Kier alpha value is -2.60. The van der Waals surface area contributed by atoms with Crippen LogP contribution >= 0.6 is 0 Å². The first-order chi connectivity index (χ1) is 14.0. The van der Waals surface area contributed by atoms with Crippen molar-refractivity contribution in [3.05, 3.63) is 59.3 Å². The van der Waals surface area contributed by atoms with Crippen molar-refractivity contribution < 1.29 is 4.74 Å². The third-order valence-electron chi connectivity index (χ3n) is 5.28. The maximum atomic E-state index is 5.60. The minimum absolute atomic E-state index is 0.253. The second-order valence-electron chi connectivity index (χ2n) is 7.77. The quantitative estimate of drug-likeness (QED) is 0.581. The molecule has 2 aromatic rings. The van der Waals surface area contributed by atoms with Crippen LogP contribution in [0.2, 0.25) is 0 Å². The Labute approximate surface area is 174 Å². The summed E-state index contributed by atoms with van der Waals surface area (Å²) < 4.78 is 5.60. The number of pyridine rings is 1. The van der Waals surface area contributed by atoms with Gasteiger partial charge in [-0.05, 0) is 37.0 Å². The number of aryl methyl sites for hydroxylation is 1. The summed E-state index contributed by atoms with van der Waals surface area (Å²) in [5.74, 6) is 2.22. The number of benzene rings is 1. The lowest BCUT2D eigenvalue weighted by Gasteiger charge is -2.32. The fourth-order valence-electron chi connectivity index (χ4n) is 3.40. The van der Waals surface area contributed by atoms with E-state index in [0.29, 0.717) is 12.5 Å². The average Bonchev–Trinajstić information content (AvgIpc) is 2.74. The number of hydrogen-bond acceptors (Lipinski definition) is 4. The third kappa shape index (κ3) is 6.19. The lowest BCUT2D eigenvalue weighted by Crippen LogP contribution is -2.41. The molecule has 3 rings (SSSR count). The molecule has 0 saturated carbocycles. The van der Waals surface area contributed by atoms with Gasteiger partial charge in [0.25, 0.3) is 0 Å². The van der Waals surface area contributed by atoms with Crippen LogP contribution in [0.4, 0.5) is 5.82 Å². The van der Waals surface area contributed by atoms with E-state index in [1.54, 1.807) is 7.05 Å². The molecule has 6 heteroatoms. The fraction of sp³-hybridized carbons (Fsp3) is 0.478. The van der Waals surface area contributed by atoms with E-state index < -0.39 is 0 Å². The second kappa shape index (κ2) is 10.3. The molecule has 1 aliphatic heterocycles. The molecule has 0 radical (unpaired) electrons. The zero-order chi connectivity index (χ0) is 20.6. The molecular weight excluding hydrogens is 362 g/mol. The van der Waals surface area contributed by atoms with E-state index in [0.717, 1.165) is 43.6 Å². The van der Waals surface area contributed by atoms with Crippen molar-refractivity contribution in [1.82, 2.24) is 15.6 Å². The molecule has 1 aliphatic rings. The number of aliphatic imine (C=N–C) groups is 1. The number of ether oxygens (including phenoxy) is 1. The second-order valence-corrected chi connectivity index (χ2v) is 7.77. The van der Waals surface area contributed by atoms with Crippen LogP contribution in [0.3, 0.4) is 0 Å². The summed E-state index contributed by atoms with van der Waals surface area (Å²) >= 11 is 0. The van der Waals surface area contributed by atoms with Gasteiger partial charge in [-0.3, -0.25) is 4.99 Å². The predicted octanol–water partition coefficient (Wildman–Crippen LogP) is 3.08. The summed E-state index contributed by atoms with van der Waals surface area (Å²) in [6.07, 6.45) is 2.19. The highest BCUT2D eigenvalue weighted by Gasteiger charge is 2.17. The van der Waals surface area contributed by atoms with Crippen LogP contribution in [0.1, 0.15) is 36.5 Å². The monoisotopic (exact) mass is 395 g/mol. The number of aromatic nitrogens is 1. The summed E-state index contributed by atoms with van der Waals surface area (Å²) in [6, 6.07) is 12.9. The number of nitrogens with zero attached hydrogens (tertiary/aromatic N) is 3. The Bertz CT molecular complexity index is 788. The Morgan fingerprint density at radius 2 is 2.03 bits per heavy atom. The molecule has 2 unspecified atom stereocenters. The molecule has 0 bridgehead atoms. The molecule has 1 saturated heterocycles. The lowest BCUT2D eigenvalue weighted by molar-refractivity contribution is 0.0529. The van der Waals surface area contributed by atoms with E-state index >= 15 is 0 Å². The first-order valence-electron chi connectivity index (χ1n) is 10.4. The van der Waals surface area contributed by atoms with Crippen LogP contribution < -0.4 is 15.5 Å². The van der Waals surface area contributed by atoms with E-state index in [1.165, 1.54) is 11.1 Å². The highest BCUT2D eigenvalue weighted by molar-refractivity contribution is 5.79. The van der Waals surface area contributed by atoms with Crippen LogP contribution in [0, 0.1) is 6.92 Å². The SMILES string of the molecule is CN=C(NCc1ccc(N2CCOC(C)C2)nc1)NCC(C)c1ccc(C)cc1. The molecule has 1 fully saturated rings. The number of morpholine rings is 1. The van der Waals surface area contributed by atoms with Gasteiger partial charge < -0.3 is 20.3 Å². The molecule has 6 nitrogen and oxygen atoms in total. The average molecular weight is 396 g/mol. The number of hydrogen-bond donors (Lipinski definition) is 2. The van der Waals surface area contributed by atoms with Gasteiger partial charge in [0.1, 0.15) is 5.82 Å². The largest absolute Gasteiger partial charge is 0.375 e. The standard InChI is InChI=1S/C23H33N5O/c1-17-5-8-21(9-6-17)18(2)13-26-23(24-4)27-15-20-7-10-22(25-14-20)28-11-12-29-19(3)16-28/h5-10,14,18-19H,11-13,15-16H2,1-4H3,(H2,24,26,27). The minimum Gasteiger partial charge on any atom is -0.375 e. The van der Waals surface area contributed by atoms with Gasteiger partial charge in [-0.25, -0.2) is 4.98 Å². The first-order valence-corrected chi connectivity index (χ1v) is 10.4. The van der Waals surface area contributed by atoms with Gasteiger partial charge in [0.05, 0.1) is 12.7 Å². The van der Waals surface area contributed by atoms with Crippen LogP contribution in [0.25, 0.3) is 0 Å². The molecule has 1 aromatic heterocycles. The summed E-state index contributed by atoms with van der Waals surface area (Å²) in [5, 5.41) is 6.79. The molecule has 2 heterocycles. The molecule has 0 spiro atoms.